The third kappa shape index (κ3) is 1.78. The predicted molar refractivity (Wildman–Crippen MR) is 86.8 cm³/mol. The Kier molecular flexibility index (Phi) is 2.93. The van der Waals surface area contributed by atoms with Gasteiger partial charge in [0.15, 0.2) is 0 Å². The van der Waals surface area contributed by atoms with Crippen LogP contribution in [-0.2, 0) is 25.4 Å². The highest BCUT2D eigenvalue weighted by atomic mass is 16.5. The van der Waals surface area contributed by atoms with E-state index in [1.807, 2.05) is 30.3 Å². The molecule has 0 saturated carbocycles. The van der Waals surface area contributed by atoms with E-state index in [1.165, 1.54) is 11.6 Å². The normalized spacial score (nSPS) is 13.2. The number of hydrogen-bond acceptors (Lipinski definition) is 5. The molecular formula is C17H13N3O4. The van der Waals surface area contributed by atoms with Crippen molar-refractivity contribution in [3.63, 3.8) is 0 Å². The van der Waals surface area contributed by atoms with Crippen molar-refractivity contribution in [1.82, 2.24) is 14.1 Å². The zero-order chi connectivity index (χ0) is 17.0. The fraction of sp³-hybridized carbons (Fsp3) is 0.176. The minimum atomic E-state index is -0.505. The van der Waals surface area contributed by atoms with Gasteiger partial charge in [0.1, 0.15) is 12.3 Å². The van der Waals surface area contributed by atoms with Crippen LogP contribution in [0, 0.1) is 0 Å². The lowest BCUT2D eigenvalue weighted by molar-refractivity contribution is 0.0534. The van der Waals surface area contributed by atoms with Crippen LogP contribution < -0.4 is 11.2 Å². The Morgan fingerprint density at radius 2 is 1.71 bits per heavy atom. The summed E-state index contributed by atoms with van der Waals surface area (Å²) >= 11 is 0. The van der Waals surface area contributed by atoms with Gasteiger partial charge < -0.3 is 4.74 Å². The lowest BCUT2D eigenvalue weighted by Gasteiger charge is -2.13. The van der Waals surface area contributed by atoms with E-state index in [1.54, 1.807) is 7.05 Å². The van der Waals surface area contributed by atoms with E-state index in [0.29, 0.717) is 22.4 Å². The number of aromatic nitrogens is 3. The van der Waals surface area contributed by atoms with Crippen LogP contribution in [0.25, 0.3) is 22.2 Å². The monoisotopic (exact) mass is 323 g/mol. The number of pyridine rings is 1. The Morgan fingerprint density at radius 1 is 1.00 bits per heavy atom. The van der Waals surface area contributed by atoms with Crippen molar-refractivity contribution in [2.45, 2.75) is 6.61 Å². The van der Waals surface area contributed by atoms with Crippen molar-refractivity contribution in [3.05, 3.63) is 62.4 Å². The van der Waals surface area contributed by atoms with Gasteiger partial charge in [0.2, 0.25) is 0 Å². The van der Waals surface area contributed by atoms with Gasteiger partial charge in [-0.2, -0.15) is 0 Å². The van der Waals surface area contributed by atoms with E-state index in [9.17, 15) is 14.4 Å². The SMILES string of the molecule is Cn1c(=O)c2c(-c3ccccc3)c3c(nc2n(C)c1=O)COC3=O. The van der Waals surface area contributed by atoms with Crippen molar-refractivity contribution in [1.29, 1.82) is 0 Å². The van der Waals surface area contributed by atoms with Crippen LogP contribution in [0.2, 0.25) is 0 Å². The van der Waals surface area contributed by atoms with Gasteiger partial charge in [-0.15, -0.1) is 0 Å². The fourth-order valence-corrected chi connectivity index (χ4v) is 3.06. The van der Waals surface area contributed by atoms with Gasteiger partial charge in [-0.05, 0) is 5.56 Å². The molecule has 0 spiro atoms. The van der Waals surface area contributed by atoms with Crippen LogP contribution in [0.3, 0.4) is 0 Å². The van der Waals surface area contributed by atoms with Crippen LogP contribution in [0.15, 0.2) is 39.9 Å². The van der Waals surface area contributed by atoms with Crippen LogP contribution in [0.1, 0.15) is 16.1 Å². The standard InChI is InChI=1S/C17H13N3O4/c1-19-14-13(15(21)20(2)17(19)23)11(9-6-4-3-5-7-9)12-10(18-14)8-24-16(12)22/h3-7H,8H2,1-2H3. The summed E-state index contributed by atoms with van der Waals surface area (Å²) in [6.07, 6.45) is 0. The highest BCUT2D eigenvalue weighted by Gasteiger charge is 2.31. The first kappa shape index (κ1) is 14.4. The third-order valence-electron chi connectivity index (χ3n) is 4.27. The smallest absolute Gasteiger partial charge is 0.341 e. The average molecular weight is 323 g/mol. The molecule has 24 heavy (non-hydrogen) atoms. The molecule has 7 heteroatoms. The van der Waals surface area contributed by atoms with Gasteiger partial charge in [0, 0.05) is 19.7 Å². The minimum absolute atomic E-state index is 0.0351. The molecule has 2 aromatic heterocycles. The molecule has 0 N–H and O–H groups in total. The topological polar surface area (TPSA) is 83.2 Å². The van der Waals surface area contributed by atoms with Crippen molar-refractivity contribution < 1.29 is 9.53 Å². The molecule has 0 aliphatic carbocycles. The Morgan fingerprint density at radius 3 is 2.42 bits per heavy atom. The van der Waals surface area contributed by atoms with E-state index < -0.39 is 17.2 Å². The van der Waals surface area contributed by atoms with Crippen molar-refractivity contribution >= 4 is 17.0 Å². The minimum Gasteiger partial charge on any atom is -0.455 e. The van der Waals surface area contributed by atoms with Crippen molar-refractivity contribution in [2.24, 2.45) is 14.1 Å². The summed E-state index contributed by atoms with van der Waals surface area (Å²) in [5.74, 6) is -0.505. The Balaban J connectivity index is 2.32. The molecule has 1 aliphatic rings. The molecule has 3 heterocycles. The largest absolute Gasteiger partial charge is 0.455 e. The zero-order valence-electron chi connectivity index (χ0n) is 13.1. The molecule has 0 saturated heterocycles. The lowest BCUT2D eigenvalue weighted by atomic mass is 9.96. The van der Waals surface area contributed by atoms with Gasteiger partial charge in [-0.3, -0.25) is 13.9 Å². The second-order valence-corrected chi connectivity index (χ2v) is 5.66. The quantitative estimate of drug-likeness (QED) is 0.623. The number of cyclic esters (lactones) is 1. The first-order chi connectivity index (χ1) is 11.5. The molecule has 0 atom stereocenters. The summed E-state index contributed by atoms with van der Waals surface area (Å²) in [5, 5.41) is 0.239. The summed E-state index contributed by atoms with van der Waals surface area (Å²) in [4.78, 5) is 41.5. The average Bonchev–Trinajstić information content (AvgIpc) is 2.98. The zero-order valence-corrected chi connectivity index (χ0v) is 13.1. The van der Waals surface area contributed by atoms with Gasteiger partial charge in [-0.1, -0.05) is 30.3 Å². The number of esters is 1. The van der Waals surface area contributed by atoms with E-state index in [-0.39, 0.29) is 17.6 Å². The number of aryl methyl sites for hydroxylation is 1. The van der Waals surface area contributed by atoms with Gasteiger partial charge in [0.05, 0.1) is 16.6 Å². The van der Waals surface area contributed by atoms with Gasteiger partial charge >= 0.3 is 11.7 Å². The second-order valence-electron chi connectivity index (χ2n) is 5.66. The summed E-state index contributed by atoms with van der Waals surface area (Å²) in [6.45, 7) is 0.0351. The number of carbonyl (C=O) groups excluding carboxylic acids is 1. The Bertz CT molecular complexity index is 1130. The summed E-state index contributed by atoms with van der Waals surface area (Å²) in [7, 11) is 2.96. The maximum absolute atomic E-state index is 12.8. The maximum Gasteiger partial charge on any atom is 0.341 e. The number of hydrogen-bond donors (Lipinski definition) is 0. The van der Waals surface area contributed by atoms with Crippen LogP contribution in [-0.4, -0.2) is 20.1 Å². The molecule has 7 nitrogen and oxygen atoms in total. The third-order valence-corrected chi connectivity index (χ3v) is 4.27. The number of benzene rings is 1. The summed E-state index contributed by atoms with van der Waals surface area (Å²) in [5.41, 5.74) is 1.20. The predicted octanol–water partition coefficient (Wildman–Crippen LogP) is 0.970. The van der Waals surface area contributed by atoms with E-state index in [4.69, 9.17) is 4.74 Å². The van der Waals surface area contributed by atoms with E-state index in [2.05, 4.69) is 4.98 Å². The molecule has 0 radical (unpaired) electrons. The van der Waals surface area contributed by atoms with Crippen molar-refractivity contribution in [2.75, 3.05) is 0 Å². The highest BCUT2D eigenvalue weighted by molar-refractivity contribution is 6.08. The molecule has 1 aromatic carbocycles. The lowest BCUT2D eigenvalue weighted by Crippen LogP contribution is -2.37. The van der Waals surface area contributed by atoms with Crippen LogP contribution in [0.4, 0.5) is 0 Å². The first-order valence-electron chi connectivity index (χ1n) is 7.36. The number of ether oxygens (including phenoxy) is 1. The molecule has 4 rings (SSSR count). The molecule has 0 amide bonds. The van der Waals surface area contributed by atoms with Crippen LogP contribution >= 0.6 is 0 Å². The number of rotatable bonds is 1. The Labute approximate surface area is 135 Å². The summed E-state index contributed by atoms with van der Waals surface area (Å²) < 4.78 is 7.43. The molecule has 1 aliphatic heterocycles. The second kappa shape index (κ2) is 4.89. The molecule has 0 bridgehead atoms. The number of nitrogens with zero attached hydrogens (tertiary/aromatic N) is 3. The molecule has 3 aromatic rings. The number of fused-ring (bicyclic) bond motifs is 2. The highest BCUT2D eigenvalue weighted by Crippen LogP contribution is 2.34. The maximum atomic E-state index is 12.8. The van der Waals surface area contributed by atoms with Crippen LogP contribution in [0.5, 0.6) is 0 Å². The van der Waals surface area contributed by atoms with E-state index >= 15 is 0 Å². The van der Waals surface area contributed by atoms with Gasteiger partial charge in [0.25, 0.3) is 5.56 Å². The molecule has 0 fully saturated rings. The Hall–Kier alpha value is -3.22. The molecule has 120 valence electrons. The molecular weight excluding hydrogens is 310 g/mol. The fourth-order valence-electron chi connectivity index (χ4n) is 3.06. The van der Waals surface area contributed by atoms with Gasteiger partial charge in [-0.25, -0.2) is 14.6 Å². The number of carbonyl (C=O) groups is 1. The van der Waals surface area contributed by atoms with Crippen molar-refractivity contribution in [3.8, 4) is 11.1 Å². The first-order valence-corrected chi connectivity index (χ1v) is 7.36. The van der Waals surface area contributed by atoms with E-state index in [0.717, 1.165) is 4.57 Å². The summed E-state index contributed by atoms with van der Waals surface area (Å²) in [6, 6.07) is 9.11. The molecule has 0 unspecified atom stereocenters.